The van der Waals surface area contributed by atoms with Crippen molar-refractivity contribution in [3.63, 3.8) is 0 Å². The third-order valence-electron chi connectivity index (χ3n) is 13.9. The van der Waals surface area contributed by atoms with E-state index in [4.69, 9.17) is 29.9 Å². The highest BCUT2D eigenvalue weighted by molar-refractivity contribution is 5.88. The zero-order valence-corrected chi connectivity index (χ0v) is 36.5. The summed E-state index contributed by atoms with van der Waals surface area (Å²) in [6.45, 7) is 14.4. The standard InChI is InChI=1S/C57H48N6/c1-55(2)47-35-45(37-30-32-42(33-31-37)53-60-49(38-20-11-7-12-21-38)58-50(61-53)39-22-13-8-14-23-39)46(36-48(47)56(3,4)57(55,5)6)43-28-19-29-44(34-43)54-62-51(40-24-15-9-16-25-40)59-52(63-54)41-26-17-10-18-27-41/h7-36H,1-6H3. The quantitative estimate of drug-likeness (QED) is 0.152. The van der Waals surface area contributed by atoms with Crippen LogP contribution in [0.5, 0.6) is 0 Å². The molecular formula is C57H48N6. The summed E-state index contributed by atoms with van der Waals surface area (Å²) in [5.41, 5.74) is 12.7. The first kappa shape index (κ1) is 39.7. The Kier molecular flexibility index (Phi) is 9.75. The molecule has 0 radical (unpaired) electrons. The van der Waals surface area contributed by atoms with E-state index in [-0.39, 0.29) is 16.2 Å². The number of fused-ring (bicyclic) bond motifs is 1. The number of nitrogens with zero attached hydrogens (tertiary/aromatic N) is 6. The summed E-state index contributed by atoms with van der Waals surface area (Å²) in [5, 5.41) is 0. The molecule has 0 amide bonds. The summed E-state index contributed by atoms with van der Waals surface area (Å²) >= 11 is 0. The molecule has 306 valence electrons. The largest absolute Gasteiger partial charge is 0.208 e. The van der Waals surface area contributed by atoms with Crippen LogP contribution in [0.3, 0.4) is 0 Å². The predicted molar refractivity (Wildman–Crippen MR) is 257 cm³/mol. The normalized spacial score (nSPS) is 14.6. The second kappa shape index (κ2) is 15.5. The zero-order chi connectivity index (χ0) is 43.3. The molecule has 0 saturated heterocycles. The van der Waals surface area contributed by atoms with Gasteiger partial charge in [0.1, 0.15) is 0 Å². The summed E-state index contributed by atoms with van der Waals surface area (Å²) in [6, 6.07) is 62.7. The molecule has 1 aliphatic carbocycles. The van der Waals surface area contributed by atoms with Crippen molar-refractivity contribution in [1.82, 2.24) is 29.9 Å². The van der Waals surface area contributed by atoms with Gasteiger partial charge in [-0.15, -0.1) is 0 Å². The van der Waals surface area contributed by atoms with Crippen LogP contribution >= 0.6 is 0 Å². The minimum atomic E-state index is -0.0877. The SMILES string of the molecule is CC1(C)c2cc(-c3ccc(-c4nc(-c5ccccc5)nc(-c5ccccc5)n4)cc3)c(-c3cccc(-c4nc(-c5ccccc5)nc(-c5ccccc5)n4)c3)cc2C(C)(C)C1(C)C. The Morgan fingerprint density at radius 1 is 0.254 bits per heavy atom. The van der Waals surface area contributed by atoms with E-state index in [0.717, 1.165) is 55.6 Å². The molecule has 63 heavy (non-hydrogen) atoms. The van der Waals surface area contributed by atoms with Crippen molar-refractivity contribution < 1.29 is 0 Å². The van der Waals surface area contributed by atoms with Crippen molar-refractivity contribution in [3.05, 3.63) is 193 Å². The summed E-state index contributed by atoms with van der Waals surface area (Å²) in [7, 11) is 0. The fourth-order valence-corrected chi connectivity index (χ4v) is 9.07. The second-order valence-electron chi connectivity index (χ2n) is 18.1. The van der Waals surface area contributed by atoms with Gasteiger partial charge in [0.2, 0.25) is 0 Å². The summed E-state index contributed by atoms with van der Waals surface area (Å²) in [5.74, 6) is 3.81. The molecule has 0 unspecified atom stereocenters. The molecule has 0 aliphatic heterocycles. The van der Waals surface area contributed by atoms with Crippen molar-refractivity contribution >= 4 is 0 Å². The Morgan fingerprint density at radius 3 is 0.889 bits per heavy atom. The molecular weight excluding hydrogens is 769 g/mol. The number of aromatic nitrogens is 6. The van der Waals surface area contributed by atoms with Crippen LogP contribution < -0.4 is 0 Å². The first-order chi connectivity index (χ1) is 30.5. The molecule has 0 N–H and O–H groups in total. The van der Waals surface area contributed by atoms with Crippen LogP contribution in [0.1, 0.15) is 52.7 Å². The van der Waals surface area contributed by atoms with Crippen molar-refractivity contribution in [2.75, 3.05) is 0 Å². The van der Waals surface area contributed by atoms with E-state index in [1.165, 1.54) is 11.1 Å². The van der Waals surface area contributed by atoms with Crippen molar-refractivity contribution in [3.8, 4) is 90.6 Å². The molecule has 2 aromatic heterocycles. The summed E-state index contributed by atoms with van der Waals surface area (Å²) < 4.78 is 0. The van der Waals surface area contributed by atoms with E-state index in [0.29, 0.717) is 34.9 Å². The fraction of sp³-hybridized carbons (Fsp3) is 0.158. The smallest absolute Gasteiger partial charge is 0.164 e. The third-order valence-corrected chi connectivity index (χ3v) is 13.9. The molecule has 1 aliphatic rings. The molecule has 10 rings (SSSR count). The molecule has 9 aromatic rings. The molecule has 0 saturated carbocycles. The Hall–Kier alpha value is -7.44. The molecule has 0 spiro atoms. The lowest BCUT2D eigenvalue weighted by Crippen LogP contribution is -2.42. The van der Waals surface area contributed by atoms with Gasteiger partial charge in [0.05, 0.1) is 0 Å². The van der Waals surface area contributed by atoms with Gasteiger partial charge in [-0.1, -0.05) is 205 Å². The topological polar surface area (TPSA) is 77.3 Å². The molecule has 0 atom stereocenters. The van der Waals surface area contributed by atoms with E-state index >= 15 is 0 Å². The van der Waals surface area contributed by atoms with Gasteiger partial charge in [-0.2, -0.15) is 0 Å². The molecule has 2 heterocycles. The highest BCUT2D eigenvalue weighted by Crippen LogP contribution is 2.62. The Bertz CT molecular complexity index is 2990. The third kappa shape index (κ3) is 7.02. The van der Waals surface area contributed by atoms with Gasteiger partial charge in [-0.3, -0.25) is 0 Å². The maximum Gasteiger partial charge on any atom is 0.164 e. The minimum Gasteiger partial charge on any atom is -0.208 e. The van der Waals surface area contributed by atoms with Gasteiger partial charge in [-0.05, 0) is 67.8 Å². The number of benzene rings is 7. The summed E-state index contributed by atoms with van der Waals surface area (Å²) in [6.07, 6.45) is 0. The maximum atomic E-state index is 5.08. The van der Waals surface area contributed by atoms with Crippen LogP contribution in [0.15, 0.2) is 182 Å². The Morgan fingerprint density at radius 2 is 0.524 bits per heavy atom. The molecule has 0 fully saturated rings. The van der Waals surface area contributed by atoms with Gasteiger partial charge in [0.15, 0.2) is 34.9 Å². The maximum absolute atomic E-state index is 5.08. The number of rotatable bonds is 8. The molecule has 6 nitrogen and oxygen atoms in total. The Labute approximate surface area is 369 Å². The molecule has 7 aromatic carbocycles. The Balaban J connectivity index is 1.12. The number of hydrogen-bond donors (Lipinski definition) is 0. The monoisotopic (exact) mass is 816 g/mol. The first-order valence-electron chi connectivity index (χ1n) is 21.6. The van der Waals surface area contributed by atoms with Gasteiger partial charge in [0, 0.05) is 33.4 Å². The summed E-state index contributed by atoms with van der Waals surface area (Å²) in [4.78, 5) is 30.1. The van der Waals surface area contributed by atoms with Crippen molar-refractivity contribution in [1.29, 1.82) is 0 Å². The van der Waals surface area contributed by atoms with E-state index in [2.05, 4.69) is 102 Å². The lowest BCUT2D eigenvalue weighted by molar-refractivity contribution is 0.125. The van der Waals surface area contributed by atoms with E-state index in [9.17, 15) is 0 Å². The van der Waals surface area contributed by atoms with Gasteiger partial charge in [0.25, 0.3) is 0 Å². The average molecular weight is 817 g/mol. The lowest BCUT2D eigenvalue weighted by atomic mass is 9.59. The van der Waals surface area contributed by atoms with Gasteiger partial charge in [-0.25, -0.2) is 29.9 Å². The van der Waals surface area contributed by atoms with Crippen molar-refractivity contribution in [2.45, 2.75) is 52.4 Å². The van der Waals surface area contributed by atoms with Crippen LogP contribution in [-0.4, -0.2) is 29.9 Å². The van der Waals surface area contributed by atoms with Crippen LogP contribution in [0.2, 0.25) is 0 Å². The van der Waals surface area contributed by atoms with E-state index in [1.54, 1.807) is 0 Å². The van der Waals surface area contributed by atoms with Crippen LogP contribution in [0, 0.1) is 5.41 Å². The highest BCUT2D eigenvalue weighted by Gasteiger charge is 2.57. The van der Waals surface area contributed by atoms with Crippen molar-refractivity contribution in [2.24, 2.45) is 5.41 Å². The predicted octanol–water partition coefficient (Wildman–Crippen LogP) is 14.0. The first-order valence-corrected chi connectivity index (χ1v) is 21.6. The van der Waals surface area contributed by atoms with Crippen LogP contribution in [0.4, 0.5) is 0 Å². The minimum absolute atomic E-state index is 0.0118. The molecule has 6 heteroatoms. The molecule has 0 bridgehead atoms. The fourth-order valence-electron chi connectivity index (χ4n) is 9.07. The second-order valence-corrected chi connectivity index (χ2v) is 18.1. The van der Waals surface area contributed by atoms with E-state index in [1.807, 2.05) is 121 Å². The highest BCUT2D eigenvalue weighted by atomic mass is 15.0. The van der Waals surface area contributed by atoms with Crippen LogP contribution in [-0.2, 0) is 10.8 Å². The van der Waals surface area contributed by atoms with Crippen LogP contribution in [0.25, 0.3) is 90.6 Å². The van der Waals surface area contributed by atoms with E-state index < -0.39 is 0 Å². The zero-order valence-electron chi connectivity index (χ0n) is 36.5. The lowest BCUT2D eigenvalue weighted by Gasteiger charge is -2.44. The van der Waals surface area contributed by atoms with Gasteiger partial charge < -0.3 is 0 Å². The average Bonchev–Trinajstić information content (AvgIpc) is 3.44. The van der Waals surface area contributed by atoms with Gasteiger partial charge >= 0.3 is 0 Å². The number of hydrogen-bond acceptors (Lipinski definition) is 6.